The Morgan fingerprint density at radius 1 is 1.50 bits per heavy atom. The van der Waals surface area contributed by atoms with Gasteiger partial charge in [-0.2, -0.15) is 0 Å². The zero-order chi connectivity index (χ0) is 14.5. The van der Waals surface area contributed by atoms with E-state index in [9.17, 15) is 9.59 Å². The third-order valence-corrected chi connectivity index (χ3v) is 4.93. The van der Waals surface area contributed by atoms with Gasteiger partial charge in [-0.3, -0.25) is 14.5 Å². The number of piperidine rings is 1. The first-order valence-electron chi connectivity index (χ1n) is 6.63. The van der Waals surface area contributed by atoms with Gasteiger partial charge in [0, 0.05) is 23.9 Å². The van der Waals surface area contributed by atoms with Gasteiger partial charge in [0.1, 0.15) is 5.54 Å². The Morgan fingerprint density at radius 3 is 2.90 bits per heavy atom. The quantitative estimate of drug-likeness (QED) is 0.834. The molecule has 0 spiro atoms. The lowest BCUT2D eigenvalue weighted by Crippen LogP contribution is -2.62. The molecule has 1 unspecified atom stereocenters. The van der Waals surface area contributed by atoms with Crippen LogP contribution in [0.3, 0.4) is 0 Å². The molecule has 1 aromatic rings. The molecule has 20 heavy (non-hydrogen) atoms. The Bertz CT molecular complexity index is 585. The van der Waals surface area contributed by atoms with Gasteiger partial charge >= 0.3 is 0 Å². The second-order valence-corrected chi connectivity index (χ2v) is 6.20. The predicted octanol–water partition coefficient (Wildman–Crippen LogP) is 1.37. The lowest BCUT2D eigenvalue weighted by Gasteiger charge is -2.41. The SMILES string of the molecule is CCN1C(=O)CCC(C)(N2Cc3c(csc3N)O2)C1=O. The van der Waals surface area contributed by atoms with E-state index in [1.165, 1.54) is 16.2 Å². The summed E-state index contributed by atoms with van der Waals surface area (Å²) in [6.45, 7) is 4.51. The zero-order valence-corrected chi connectivity index (χ0v) is 12.3. The Morgan fingerprint density at radius 2 is 2.25 bits per heavy atom. The van der Waals surface area contributed by atoms with E-state index in [4.69, 9.17) is 10.6 Å². The highest BCUT2D eigenvalue weighted by Gasteiger charge is 2.50. The summed E-state index contributed by atoms with van der Waals surface area (Å²) in [4.78, 5) is 31.5. The van der Waals surface area contributed by atoms with Gasteiger partial charge in [0.25, 0.3) is 5.91 Å². The number of likely N-dealkylation sites (tertiary alicyclic amines) is 1. The number of fused-ring (bicyclic) bond motifs is 1. The molecule has 108 valence electrons. The number of amides is 2. The van der Waals surface area contributed by atoms with Gasteiger partial charge in [0.2, 0.25) is 5.91 Å². The summed E-state index contributed by atoms with van der Waals surface area (Å²) in [5.41, 5.74) is 6.02. The fourth-order valence-corrected chi connectivity index (χ4v) is 3.46. The van der Waals surface area contributed by atoms with Crippen molar-refractivity contribution >= 4 is 28.2 Å². The minimum absolute atomic E-state index is 0.108. The molecule has 0 radical (unpaired) electrons. The average Bonchev–Trinajstić information content (AvgIpc) is 2.98. The van der Waals surface area contributed by atoms with E-state index in [-0.39, 0.29) is 11.8 Å². The van der Waals surface area contributed by atoms with Crippen LogP contribution in [0.15, 0.2) is 5.38 Å². The largest absolute Gasteiger partial charge is 0.403 e. The van der Waals surface area contributed by atoms with Crippen LogP contribution in [0.2, 0.25) is 0 Å². The highest BCUT2D eigenvalue weighted by atomic mass is 32.1. The topological polar surface area (TPSA) is 75.9 Å². The van der Waals surface area contributed by atoms with Crippen LogP contribution in [0.1, 0.15) is 32.3 Å². The van der Waals surface area contributed by atoms with Crippen LogP contribution >= 0.6 is 11.3 Å². The van der Waals surface area contributed by atoms with Crippen LogP contribution in [0.25, 0.3) is 0 Å². The van der Waals surface area contributed by atoms with E-state index in [1.54, 1.807) is 12.0 Å². The van der Waals surface area contributed by atoms with Crippen molar-refractivity contribution in [2.75, 3.05) is 12.3 Å². The van der Waals surface area contributed by atoms with E-state index < -0.39 is 5.54 Å². The Labute approximate surface area is 121 Å². The second kappa shape index (κ2) is 4.46. The van der Waals surface area contributed by atoms with Crippen molar-refractivity contribution < 1.29 is 14.4 Å². The van der Waals surface area contributed by atoms with E-state index >= 15 is 0 Å². The van der Waals surface area contributed by atoms with Crippen LogP contribution in [-0.4, -0.2) is 33.9 Å². The van der Waals surface area contributed by atoms with Gasteiger partial charge in [0.05, 0.1) is 11.5 Å². The molecule has 2 amide bonds. The lowest BCUT2D eigenvalue weighted by molar-refractivity contribution is -0.182. The van der Waals surface area contributed by atoms with Gasteiger partial charge < -0.3 is 10.6 Å². The van der Waals surface area contributed by atoms with Crippen molar-refractivity contribution in [1.82, 2.24) is 9.96 Å². The number of carbonyl (C=O) groups is 2. The van der Waals surface area contributed by atoms with E-state index in [0.717, 1.165) is 16.3 Å². The molecule has 1 saturated heterocycles. The molecule has 2 aliphatic heterocycles. The number of nitrogens with zero attached hydrogens (tertiary/aromatic N) is 2. The van der Waals surface area contributed by atoms with E-state index in [1.807, 2.05) is 12.3 Å². The van der Waals surface area contributed by atoms with E-state index in [2.05, 4.69) is 0 Å². The maximum atomic E-state index is 12.6. The van der Waals surface area contributed by atoms with E-state index in [0.29, 0.717) is 25.9 Å². The summed E-state index contributed by atoms with van der Waals surface area (Å²) < 4.78 is 0. The fraction of sp³-hybridized carbons (Fsp3) is 0.538. The molecule has 2 N–H and O–H groups in total. The number of imide groups is 1. The number of hydrogen-bond acceptors (Lipinski definition) is 6. The number of hydrogen-bond donors (Lipinski definition) is 1. The molecule has 0 saturated carbocycles. The van der Waals surface area contributed by atoms with Gasteiger partial charge in [0.15, 0.2) is 5.75 Å². The van der Waals surface area contributed by atoms with Crippen LogP contribution in [0, 0.1) is 0 Å². The highest BCUT2D eigenvalue weighted by molar-refractivity contribution is 7.14. The van der Waals surface area contributed by atoms with Crippen molar-refractivity contribution in [2.24, 2.45) is 0 Å². The zero-order valence-electron chi connectivity index (χ0n) is 11.5. The molecule has 0 aliphatic carbocycles. The Kier molecular flexibility index (Phi) is 2.98. The summed E-state index contributed by atoms with van der Waals surface area (Å²) >= 11 is 1.44. The van der Waals surface area contributed by atoms with Gasteiger partial charge in [-0.15, -0.1) is 16.4 Å². The van der Waals surface area contributed by atoms with Crippen molar-refractivity contribution in [3.8, 4) is 5.75 Å². The third kappa shape index (κ3) is 1.73. The summed E-state index contributed by atoms with van der Waals surface area (Å²) in [5.74, 6) is 0.424. The molecule has 1 fully saturated rings. The molecule has 1 aromatic heterocycles. The molecule has 0 bridgehead atoms. The number of rotatable bonds is 2. The Hall–Kier alpha value is -1.60. The van der Waals surface area contributed by atoms with Crippen molar-refractivity contribution in [1.29, 1.82) is 0 Å². The first kappa shape index (κ1) is 13.4. The summed E-state index contributed by atoms with van der Waals surface area (Å²) in [6, 6.07) is 0. The van der Waals surface area contributed by atoms with Crippen molar-refractivity contribution in [2.45, 2.75) is 38.8 Å². The average molecular weight is 295 g/mol. The molecule has 1 atom stereocenters. The Balaban J connectivity index is 1.87. The maximum absolute atomic E-state index is 12.6. The van der Waals surface area contributed by atoms with Gasteiger partial charge in [-0.25, -0.2) is 0 Å². The van der Waals surface area contributed by atoms with Crippen LogP contribution < -0.4 is 10.6 Å². The summed E-state index contributed by atoms with van der Waals surface area (Å²) in [5, 5.41) is 4.24. The predicted molar refractivity (Wildman–Crippen MR) is 74.9 cm³/mol. The number of nitrogens with two attached hydrogens (primary N) is 1. The van der Waals surface area contributed by atoms with Crippen LogP contribution in [0.4, 0.5) is 5.00 Å². The standard InChI is InChI=1S/C13H17N3O3S/c1-3-15-10(17)4-5-13(2,12(15)18)16-6-8-9(19-16)7-20-11(8)14/h7H,3-6,14H2,1-2H3. The molecule has 3 heterocycles. The number of hydroxylamine groups is 2. The molecule has 3 rings (SSSR count). The lowest BCUT2D eigenvalue weighted by atomic mass is 9.89. The normalized spacial score (nSPS) is 26.8. The number of carbonyl (C=O) groups excluding carboxylic acids is 2. The summed E-state index contributed by atoms with van der Waals surface area (Å²) in [6.07, 6.45) is 0.826. The molecule has 6 nitrogen and oxygen atoms in total. The smallest absolute Gasteiger partial charge is 0.252 e. The fourth-order valence-electron chi connectivity index (χ4n) is 2.73. The number of thiophene rings is 1. The molecular weight excluding hydrogens is 278 g/mol. The monoisotopic (exact) mass is 295 g/mol. The minimum Gasteiger partial charge on any atom is -0.403 e. The highest BCUT2D eigenvalue weighted by Crippen LogP contribution is 2.42. The van der Waals surface area contributed by atoms with Crippen molar-refractivity contribution in [3.63, 3.8) is 0 Å². The summed E-state index contributed by atoms with van der Waals surface area (Å²) in [7, 11) is 0. The molecular formula is C13H17N3O3S. The molecule has 2 aliphatic rings. The minimum atomic E-state index is -0.812. The first-order valence-corrected chi connectivity index (χ1v) is 7.51. The third-order valence-electron chi connectivity index (χ3n) is 4.10. The number of likely N-dealkylation sites (N-methyl/N-ethyl adjacent to an activating group) is 1. The molecule has 0 aromatic carbocycles. The van der Waals surface area contributed by atoms with Gasteiger partial charge in [-0.05, 0) is 20.3 Å². The second-order valence-electron chi connectivity index (χ2n) is 5.29. The van der Waals surface area contributed by atoms with Gasteiger partial charge in [-0.1, -0.05) is 0 Å². The first-order chi connectivity index (χ1) is 9.47. The maximum Gasteiger partial charge on any atom is 0.252 e. The number of nitrogen functional groups attached to an aromatic ring is 1. The van der Waals surface area contributed by atoms with Crippen molar-refractivity contribution in [3.05, 3.63) is 10.9 Å². The van der Waals surface area contributed by atoms with Crippen LogP contribution in [0.5, 0.6) is 5.75 Å². The number of anilines is 1. The van der Waals surface area contributed by atoms with Crippen LogP contribution in [-0.2, 0) is 16.1 Å². The molecule has 7 heteroatoms.